The molecule has 0 saturated carbocycles. The summed E-state index contributed by atoms with van der Waals surface area (Å²) in [5, 5.41) is 2.83. The number of para-hydroxylation sites is 1. The molecule has 1 saturated heterocycles. The maximum atomic E-state index is 12.4. The number of anilines is 1. The van der Waals surface area contributed by atoms with E-state index in [1.807, 2.05) is 6.07 Å². The number of rotatable bonds is 10. The zero-order valence-corrected chi connectivity index (χ0v) is 17.6. The third-order valence-electron chi connectivity index (χ3n) is 4.61. The molecule has 9 heteroatoms. The lowest BCUT2D eigenvalue weighted by Crippen LogP contribution is -2.38. The van der Waals surface area contributed by atoms with Crippen molar-refractivity contribution in [1.29, 1.82) is 0 Å². The van der Waals surface area contributed by atoms with Crippen molar-refractivity contribution < 1.29 is 22.7 Å². The first-order valence-electron chi connectivity index (χ1n) is 9.90. The van der Waals surface area contributed by atoms with Crippen LogP contribution in [0.2, 0.25) is 0 Å². The molecular weight excluding hydrogens is 406 g/mol. The Hall–Kier alpha value is -2.62. The van der Waals surface area contributed by atoms with Crippen LogP contribution in [0.5, 0.6) is 5.75 Å². The van der Waals surface area contributed by atoms with Crippen LogP contribution in [0.25, 0.3) is 0 Å². The van der Waals surface area contributed by atoms with Crippen LogP contribution >= 0.6 is 0 Å². The van der Waals surface area contributed by atoms with Crippen molar-refractivity contribution in [2.45, 2.75) is 11.3 Å². The van der Waals surface area contributed by atoms with Crippen molar-refractivity contribution in [2.24, 2.45) is 0 Å². The molecule has 1 aliphatic rings. The van der Waals surface area contributed by atoms with E-state index >= 15 is 0 Å². The molecule has 1 amide bonds. The Morgan fingerprint density at radius 2 is 1.73 bits per heavy atom. The second-order valence-corrected chi connectivity index (χ2v) is 8.57. The van der Waals surface area contributed by atoms with Crippen LogP contribution in [-0.2, 0) is 19.6 Å². The maximum Gasteiger partial charge on any atom is 0.261 e. The molecule has 0 radical (unpaired) electrons. The fourth-order valence-corrected chi connectivity index (χ4v) is 4.05. The Kier molecular flexibility index (Phi) is 8.06. The van der Waals surface area contributed by atoms with E-state index in [1.54, 1.807) is 24.3 Å². The first kappa shape index (κ1) is 22.1. The number of benzene rings is 2. The van der Waals surface area contributed by atoms with Gasteiger partial charge in [0.05, 0.1) is 18.1 Å². The molecule has 1 aliphatic heterocycles. The molecule has 8 nitrogen and oxygen atoms in total. The largest absolute Gasteiger partial charge is 0.484 e. The fraction of sp³-hybridized carbons (Fsp3) is 0.381. The lowest BCUT2D eigenvalue weighted by molar-refractivity contribution is -0.123. The minimum atomic E-state index is -3.68. The van der Waals surface area contributed by atoms with E-state index in [-0.39, 0.29) is 17.4 Å². The lowest BCUT2D eigenvalue weighted by Gasteiger charge is -2.26. The van der Waals surface area contributed by atoms with Crippen LogP contribution in [0, 0.1) is 0 Å². The molecule has 3 rings (SSSR count). The maximum absolute atomic E-state index is 12.4. The van der Waals surface area contributed by atoms with Gasteiger partial charge >= 0.3 is 0 Å². The molecule has 30 heavy (non-hydrogen) atoms. The molecule has 0 atom stereocenters. The van der Waals surface area contributed by atoms with Crippen LogP contribution in [0.3, 0.4) is 0 Å². The predicted octanol–water partition coefficient (Wildman–Crippen LogP) is 1.70. The number of ether oxygens (including phenoxy) is 2. The lowest BCUT2D eigenvalue weighted by atomic mass is 10.3. The molecule has 162 valence electrons. The van der Waals surface area contributed by atoms with Crippen molar-refractivity contribution in [3.8, 4) is 5.75 Å². The Morgan fingerprint density at radius 1 is 1.03 bits per heavy atom. The molecule has 2 aromatic carbocycles. The molecule has 0 aliphatic carbocycles. The van der Waals surface area contributed by atoms with Crippen molar-refractivity contribution >= 4 is 21.6 Å². The average molecular weight is 434 g/mol. The zero-order valence-electron chi connectivity index (χ0n) is 16.7. The summed E-state index contributed by atoms with van der Waals surface area (Å²) in [6.45, 7) is 4.80. The highest BCUT2D eigenvalue weighted by molar-refractivity contribution is 7.92. The fourth-order valence-electron chi connectivity index (χ4n) is 2.99. The summed E-state index contributed by atoms with van der Waals surface area (Å²) in [6, 6.07) is 14.6. The van der Waals surface area contributed by atoms with Gasteiger partial charge in [-0.1, -0.05) is 18.2 Å². The summed E-state index contributed by atoms with van der Waals surface area (Å²) in [5.41, 5.74) is 0.489. The average Bonchev–Trinajstić information content (AvgIpc) is 2.77. The number of nitrogens with zero attached hydrogens (tertiary/aromatic N) is 1. The Morgan fingerprint density at radius 3 is 2.43 bits per heavy atom. The van der Waals surface area contributed by atoms with Crippen LogP contribution in [0.1, 0.15) is 6.42 Å². The SMILES string of the molecule is O=C(COc1ccc(S(=O)(=O)Nc2ccccc2)cc1)NCCCN1CCOCC1. The van der Waals surface area contributed by atoms with Crippen molar-refractivity contribution in [2.75, 3.05) is 50.7 Å². The smallest absolute Gasteiger partial charge is 0.261 e. The number of sulfonamides is 1. The normalized spacial score (nSPS) is 14.8. The number of nitrogens with one attached hydrogen (secondary N) is 2. The van der Waals surface area contributed by atoms with Gasteiger partial charge in [0.2, 0.25) is 0 Å². The predicted molar refractivity (Wildman–Crippen MR) is 114 cm³/mol. The van der Waals surface area contributed by atoms with Gasteiger partial charge in [-0.15, -0.1) is 0 Å². The van der Waals surface area contributed by atoms with Gasteiger partial charge in [0.15, 0.2) is 6.61 Å². The third-order valence-corrected chi connectivity index (χ3v) is 6.00. The van der Waals surface area contributed by atoms with E-state index in [0.717, 1.165) is 39.3 Å². The summed E-state index contributed by atoms with van der Waals surface area (Å²) < 4.78 is 38.1. The highest BCUT2D eigenvalue weighted by Gasteiger charge is 2.14. The van der Waals surface area contributed by atoms with Gasteiger partial charge in [-0.3, -0.25) is 14.4 Å². The van der Waals surface area contributed by atoms with Crippen LogP contribution < -0.4 is 14.8 Å². The standard InChI is InChI=1S/C21H27N3O5S/c25-21(22-11-4-12-24-13-15-28-16-14-24)17-29-19-7-9-20(10-8-19)30(26,27)23-18-5-2-1-3-6-18/h1-3,5-10,23H,4,11-17H2,(H,22,25). The highest BCUT2D eigenvalue weighted by Crippen LogP contribution is 2.19. The van der Waals surface area contributed by atoms with Crippen molar-refractivity contribution in [1.82, 2.24) is 10.2 Å². The molecule has 0 aromatic heterocycles. The number of amides is 1. The number of hydrogen-bond acceptors (Lipinski definition) is 6. The molecule has 0 spiro atoms. The van der Waals surface area contributed by atoms with Gasteiger partial charge in [-0.05, 0) is 49.4 Å². The van der Waals surface area contributed by atoms with Crippen LogP contribution in [0.15, 0.2) is 59.5 Å². The van der Waals surface area contributed by atoms with Gasteiger partial charge in [-0.25, -0.2) is 8.42 Å². The molecule has 0 bridgehead atoms. The van der Waals surface area contributed by atoms with E-state index in [1.165, 1.54) is 24.3 Å². The Labute approximate surface area is 177 Å². The second kappa shape index (κ2) is 11.0. The zero-order chi connectivity index (χ0) is 21.2. The summed E-state index contributed by atoms with van der Waals surface area (Å²) in [7, 11) is -3.68. The van der Waals surface area contributed by atoms with Crippen LogP contribution in [-0.4, -0.2) is 65.2 Å². The van der Waals surface area contributed by atoms with Crippen LogP contribution in [0.4, 0.5) is 5.69 Å². The molecule has 2 N–H and O–H groups in total. The number of morpholine rings is 1. The van der Waals surface area contributed by atoms with Gasteiger partial charge in [-0.2, -0.15) is 0 Å². The van der Waals surface area contributed by atoms with Crippen molar-refractivity contribution in [3.63, 3.8) is 0 Å². The van der Waals surface area contributed by atoms with E-state index in [0.29, 0.717) is 18.0 Å². The van der Waals surface area contributed by atoms with Gasteiger partial charge in [0.1, 0.15) is 5.75 Å². The van der Waals surface area contributed by atoms with E-state index in [4.69, 9.17) is 9.47 Å². The molecule has 1 heterocycles. The molecule has 1 fully saturated rings. The number of hydrogen-bond donors (Lipinski definition) is 2. The highest BCUT2D eigenvalue weighted by atomic mass is 32.2. The monoisotopic (exact) mass is 433 g/mol. The summed E-state index contributed by atoms with van der Waals surface area (Å²) in [6.07, 6.45) is 0.868. The third kappa shape index (κ3) is 7.01. The minimum absolute atomic E-state index is 0.117. The minimum Gasteiger partial charge on any atom is -0.484 e. The van der Waals surface area contributed by atoms with E-state index in [9.17, 15) is 13.2 Å². The van der Waals surface area contributed by atoms with E-state index < -0.39 is 10.0 Å². The summed E-state index contributed by atoms with van der Waals surface area (Å²) in [5.74, 6) is 0.219. The van der Waals surface area contributed by atoms with Gasteiger partial charge in [0.25, 0.3) is 15.9 Å². The molecule has 0 unspecified atom stereocenters. The van der Waals surface area contributed by atoms with Gasteiger partial charge in [0, 0.05) is 25.3 Å². The summed E-state index contributed by atoms with van der Waals surface area (Å²) >= 11 is 0. The Balaban J connectivity index is 1.39. The summed E-state index contributed by atoms with van der Waals surface area (Å²) in [4.78, 5) is 14.4. The van der Waals surface area contributed by atoms with Crippen molar-refractivity contribution in [3.05, 3.63) is 54.6 Å². The number of carbonyl (C=O) groups excluding carboxylic acids is 1. The molecular formula is C21H27N3O5S. The quantitative estimate of drug-likeness (QED) is 0.554. The second-order valence-electron chi connectivity index (χ2n) is 6.89. The topological polar surface area (TPSA) is 97.0 Å². The van der Waals surface area contributed by atoms with Gasteiger partial charge < -0.3 is 14.8 Å². The molecule has 2 aromatic rings. The van der Waals surface area contributed by atoms with E-state index in [2.05, 4.69) is 14.9 Å². The first-order chi connectivity index (χ1) is 14.5. The Bertz CT molecular complexity index is 898. The number of carbonyl (C=O) groups is 1. The first-order valence-corrected chi connectivity index (χ1v) is 11.4.